The van der Waals surface area contributed by atoms with Crippen LogP contribution in [0.3, 0.4) is 0 Å². The predicted molar refractivity (Wildman–Crippen MR) is 98.5 cm³/mol. The Bertz CT molecular complexity index is 858. The first kappa shape index (κ1) is 19.6. The monoisotopic (exact) mass is 379 g/mol. The molecule has 2 N–H and O–H groups in total. The standard InChI is InChI=1S/C20H24F3N3O/c1-18(2)9-15(10-19(3,4)26-18)25-17(27)13-7-12-5-6-14(20(21,22)23)8-16(12)24-11-13/h5-8,11,15,26H,9-10H2,1-4H3,(H,25,27). The summed E-state index contributed by atoms with van der Waals surface area (Å²) in [6, 6.07) is 4.93. The summed E-state index contributed by atoms with van der Waals surface area (Å²) in [4.78, 5) is 16.7. The number of nitrogens with one attached hydrogen (secondary N) is 2. The second-order valence-electron chi connectivity index (χ2n) is 8.60. The number of alkyl halides is 3. The number of hydrogen-bond acceptors (Lipinski definition) is 3. The van der Waals surface area contributed by atoms with E-state index in [1.165, 1.54) is 12.3 Å². The van der Waals surface area contributed by atoms with Crippen LogP contribution in [0.25, 0.3) is 10.9 Å². The van der Waals surface area contributed by atoms with Gasteiger partial charge >= 0.3 is 6.18 Å². The Labute approximate surface area is 156 Å². The van der Waals surface area contributed by atoms with Crippen LogP contribution in [-0.2, 0) is 6.18 Å². The number of hydrogen-bond donors (Lipinski definition) is 2. The molecule has 0 saturated carbocycles. The summed E-state index contributed by atoms with van der Waals surface area (Å²) in [5, 5.41) is 7.11. The van der Waals surface area contributed by atoms with Crippen molar-refractivity contribution < 1.29 is 18.0 Å². The van der Waals surface area contributed by atoms with Crippen LogP contribution in [0, 0.1) is 0 Å². The van der Waals surface area contributed by atoms with E-state index in [1.807, 2.05) is 0 Å². The summed E-state index contributed by atoms with van der Waals surface area (Å²) in [5.41, 5.74) is -0.397. The highest BCUT2D eigenvalue weighted by atomic mass is 19.4. The molecule has 27 heavy (non-hydrogen) atoms. The van der Waals surface area contributed by atoms with Crippen molar-refractivity contribution in [2.75, 3.05) is 0 Å². The molecule has 1 amide bonds. The average molecular weight is 379 g/mol. The first-order valence-electron chi connectivity index (χ1n) is 8.92. The van der Waals surface area contributed by atoms with Gasteiger partial charge in [-0.05, 0) is 58.7 Å². The fraction of sp³-hybridized carbons (Fsp3) is 0.500. The van der Waals surface area contributed by atoms with Crippen LogP contribution in [0.2, 0.25) is 0 Å². The number of carbonyl (C=O) groups excluding carboxylic acids is 1. The number of fused-ring (bicyclic) bond motifs is 1. The van der Waals surface area contributed by atoms with Crippen LogP contribution in [0.15, 0.2) is 30.5 Å². The van der Waals surface area contributed by atoms with Crippen molar-refractivity contribution in [2.45, 2.75) is 63.8 Å². The zero-order valence-corrected chi connectivity index (χ0v) is 15.9. The lowest BCUT2D eigenvalue weighted by Gasteiger charge is -2.46. The van der Waals surface area contributed by atoms with Gasteiger partial charge in [-0.15, -0.1) is 0 Å². The summed E-state index contributed by atoms with van der Waals surface area (Å²) in [6.07, 6.45) is -1.51. The normalized spacial score (nSPS) is 19.8. The third-order valence-corrected chi connectivity index (χ3v) is 4.80. The third kappa shape index (κ3) is 4.58. The minimum absolute atomic E-state index is 0.00653. The van der Waals surface area contributed by atoms with Gasteiger partial charge in [0.05, 0.1) is 16.6 Å². The molecule has 0 bridgehead atoms. The Balaban J connectivity index is 1.80. The molecule has 146 valence electrons. The Morgan fingerprint density at radius 3 is 2.37 bits per heavy atom. The van der Waals surface area contributed by atoms with E-state index in [0.717, 1.165) is 25.0 Å². The maximum absolute atomic E-state index is 12.8. The number of benzene rings is 1. The predicted octanol–water partition coefficient (Wildman–Crippen LogP) is 4.29. The molecule has 1 fully saturated rings. The quantitative estimate of drug-likeness (QED) is 0.818. The zero-order valence-electron chi connectivity index (χ0n) is 15.9. The molecule has 4 nitrogen and oxygen atoms in total. The molecule has 1 aliphatic rings. The highest BCUT2D eigenvalue weighted by Crippen LogP contribution is 2.31. The molecule has 1 aromatic carbocycles. The fourth-order valence-corrected chi connectivity index (χ4v) is 4.11. The number of pyridine rings is 1. The highest BCUT2D eigenvalue weighted by Gasteiger charge is 2.38. The largest absolute Gasteiger partial charge is 0.416 e. The SMILES string of the molecule is CC1(C)CC(NC(=O)c2cnc3cc(C(F)(F)F)ccc3c2)CC(C)(C)N1. The number of amides is 1. The lowest BCUT2D eigenvalue weighted by atomic mass is 9.79. The van der Waals surface area contributed by atoms with Crippen molar-refractivity contribution in [1.29, 1.82) is 0 Å². The van der Waals surface area contributed by atoms with Crippen LogP contribution in [0.4, 0.5) is 13.2 Å². The lowest BCUT2D eigenvalue weighted by molar-refractivity contribution is -0.137. The first-order chi connectivity index (χ1) is 12.3. The Kier molecular flexibility index (Phi) is 4.70. The fourth-order valence-electron chi connectivity index (χ4n) is 4.11. The zero-order chi connectivity index (χ0) is 20.0. The molecule has 0 radical (unpaired) electrons. The number of piperidine rings is 1. The van der Waals surface area contributed by atoms with E-state index < -0.39 is 11.7 Å². The molecule has 0 unspecified atom stereocenters. The Morgan fingerprint density at radius 1 is 1.15 bits per heavy atom. The average Bonchev–Trinajstić information content (AvgIpc) is 2.49. The molecular weight excluding hydrogens is 355 g/mol. The van der Waals surface area contributed by atoms with Gasteiger partial charge in [0.25, 0.3) is 5.91 Å². The maximum Gasteiger partial charge on any atom is 0.416 e. The third-order valence-electron chi connectivity index (χ3n) is 4.80. The molecule has 1 aliphatic heterocycles. The van der Waals surface area contributed by atoms with Crippen LogP contribution in [0.5, 0.6) is 0 Å². The Hall–Kier alpha value is -2.15. The van der Waals surface area contributed by atoms with Crippen LogP contribution in [-0.4, -0.2) is 28.0 Å². The summed E-state index contributed by atoms with van der Waals surface area (Å²) in [7, 11) is 0. The van der Waals surface area contributed by atoms with Gasteiger partial charge in [0.1, 0.15) is 0 Å². The second kappa shape index (κ2) is 6.48. The molecule has 0 atom stereocenters. The van der Waals surface area contributed by atoms with Gasteiger partial charge in [-0.2, -0.15) is 13.2 Å². The van der Waals surface area contributed by atoms with Crippen molar-refractivity contribution in [1.82, 2.24) is 15.6 Å². The van der Waals surface area contributed by atoms with Gasteiger partial charge < -0.3 is 10.6 Å². The van der Waals surface area contributed by atoms with Crippen molar-refractivity contribution in [3.8, 4) is 0 Å². The van der Waals surface area contributed by atoms with Crippen molar-refractivity contribution in [3.05, 3.63) is 41.6 Å². The topological polar surface area (TPSA) is 54.0 Å². The first-order valence-corrected chi connectivity index (χ1v) is 8.92. The lowest BCUT2D eigenvalue weighted by Crippen LogP contribution is -2.62. The Morgan fingerprint density at radius 2 is 1.78 bits per heavy atom. The van der Waals surface area contributed by atoms with Gasteiger partial charge in [-0.3, -0.25) is 9.78 Å². The van der Waals surface area contributed by atoms with E-state index in [-0.39, 0.29) is 28.5 Å². The molecule has 2 aromatic rings. The summed E-state index contributed by atoms with van der Waals surface area (Å²) in [5.74, 6) is -0.261. The highest BCUT2D eigenvalue weighted by molar-refractivity contribution is 5.97. The molecule has 0 spiro atoms. The number of nitrogens with zero attached hydrogens (tertiary/aromatic N) is 1. The number of halogens is 3. The van der Waals surface area contributed by atoms with Crippen molar-refractivity contribution >= 4 is 16.8 Å². The van der Waals surface area contributed by atoms with E-state index >= 15 is 0 Å². The van der Waals surface area contributed by atoms with Crippen LogP contribution < -0.4 is 10.6 Å². The number of rotatable bonds is 2. The van der Waals surface area contributed by atoms with Gasteiger partial charge in [-0.1, -0.05) is 6.07 Å². The molecule has 2 heterocycles. The minimum Gasteiger partial charge on any atom is -0.349 e. The summed E-state index contributed by atoms with van der Waals surface area (Å²) in [6.45, 7) is 8.40. The molecule has 1 aromatic heterocycles. The van der Waals surface area contributed by atoms with Crippen LogP contribution >= 0.6 is 0 Å². The van der Waals surface area contributed by atoms with E-state index in [1.54, 1.807) is 6.07 Å². The number of carbonyl (C=O) groups is 1. The van der Waals surface area contributed by atoms with Gasteiger partial charge in [-0.25, -0.2) is 0 Å². The van der Waals surface area contributed by atoms with Gasteiger partial charge in [0.15, 0.2) is 0 Å². The van der Waals surface area contributed by atoms with Gasteiger partial charge in [0, 0.05) is 28.7 Å². The van der Waals surface area contributed by atoms with Gasteiger partial charge in [0.2, 0.25) is 0 Å². The van der Waals surface area contributed by atoms with E-state index in [0.29, 0.717) is 10.9 Å². The van der Waals surface area contributed by atoms with Crippen molar-refractivity contribution in [3.63, 3.8) is 0 Å². The minimum atomic E-state index is -4.42. The van der Waals surface area contributed by atoms with E-state index in [9.17, 15) is 18.0 Å². The summed E-state index contributed by atoms with van der Waals surface area (Å²) < 4.78 is 38.4. The van der Waals surface area contributed by atoms with E-state index in [4.69, 9.17) is 0 Å². The van der Waals surface area contributed by atoms with Crippen molar-refractivity contribution in [2.24, 2.45) is 0 Å². The van der Waals surface area contributed by atoms with E-state index in [2.05, 4.69) is 43.3 Å². The summed E-state index contributed by atoms with van der Waals surface area (Å²) >= 11 is 0. The second-order valence-corrected chi connectivity index (χ2v) is 8.60. The van der Waals surface area contributed by atoms with Crippen LogP contribution in [0.1, 0.15) is 56.5 Å². The molecule has 1 saturated heterocycles. The number of aromatic nitrogens is 1. The maximum atomic E-state index is 12.8. The molecule has 7 heteroatoms. The molecular formula is C20H24F3N3O. The molecule has 3 rings (SSSR count). The smallest absolute Gasteiger partial charge is 0.349 e. The molecule has 0 aliphatic carbocycles.